The minimum absolute atomic E-state index is 0.334. The molecule has 0 radical (unpaired) electrons. The number of rotatable bonds is 18. The van der Waals surface area contributed by atoms with E-state index >= 15 is 0 Å². The molecule has 244 valence electrons. The molecule has 0 fully saturated rings. The summed E-state index contributed by atoms with van der Waals surface area (Å²) in [5, 5.41) is 0.768. The third-order valence-electron chi connectivity index (χ3n) is 8.10. The molecule has 7 heteroatoms. The third-order valence-corrected chi connectivity index (χ3v) is 10.2. The lowest BCUT2D eigenvalue weighted by Crippen LogP contribution is -2.27. The maximum Gasteiger partial charge on any atom is 0.189 e. The van der Waals surface area contributed by atoms with Crippen LogP contribution in [0.1, 0.15) is 44.1 Å². The molecule has 4 aromatic rings. The molecule has 1 atom stereocenters. The molecule has 0 saturated carbocycles. The first-order chi connectivity index (χ1) is 22.4. The summed E-state index contributed by atoms with van der Waals surface area (Å²) in [6.07, 6.45) is 7.54. The minimum atomic E-state index is -3.78. The van der Waals surface area contributed by atoms with Gasteiger partial charge in [0, 0.05) is 56.2 Å². The molecule has 6 nitrogen and oxygen atoms in total. The molecule has 4 aromatic carbocycles. The Balaban J connectivity index is 1.61. The number of nitrogens with zero attached hydrogens (tertiary/aromatic N) is 2. The van der Waals surface area contributed by atoms with Crippen LogP contribution in [0, 0.1) is 0 Å². The molecular formula is C39H48N2O4S. The molecule has 0 amide bonds. The van der Waals surface area contributed by atoms with Crippen molar-refractivity contribution in [3.63, 3.8) is 0 Å². The third kappa shape index (κ3) is 9.09. The molecule has 46 heavy (non-hydrogen) atoms. The summed E-state index contributed by atoms with van der Waals surface area (Å²) in [6.45, 7) is 14.4. The summed E-state index contributed by atoms with van der Waals surface area (Å²) in [5.41, 5.74) is 3.95. The van der Waals surface area contributed by atoms with Crippen LogP contribution in [0.3, 0.4) is 0 Å². The molecule has 0 bridgehead atoms. The molecule has 0 aliphatic heterocycles. The molecule has 4 rings (SSSR count). The van der Waals surface area contributed by atoms with Crippen LogP contribution in [-0.2, 0) is 19.3 Å². The molecule has 0 aromatic heterocycles. The SMILES string of the molecule is CCOCCN(CC)c1ccc(C=CC=CC(c2ccc(N(CC)CCOCC)cc2)S(=O)(=O)c2cccc3ccccc23)cc1. The zero-order valence-corrected chi connectivity index (χ0v) is 28.5. The number of ether oxygens (including phenoxy) is 2. The van der Waals surface area contributed by atoms with Crippen molar-refractivity contribution < 1.29 is 17.9 Å². The molecule has 0 aliphatic rings. The standard InChI is InChI=1S/C39H48N2O4S/c1-5-40(28-30-44-7-3)35-24-20-32(21-25-35)14-9-12-18-38(34-22-26-36(27-23-34)41(6-2)29-31-45-8-4)46(42,43)39-19-13-16-33-15-10-11-17-37(33)39/h9-27,38H,5-8,28-31H2,1-4H3. The van der Waals surface area contributed by atoms with Crippen LogP contribution < -0.4 is 9.80 Å². The van der Waals surface area contributed by atoms with Crippen LogP contribution in [0.2, 0.25) is 0 Å². The number of likely N-dealkylation sites (N-methyl/N-ethyl adjacent to an activating group) is 2. The fourth-order valence-electron chi connectivity index (χ4n) is 5.55. The Morgan fingerprint density at radius 3 is 1.83 bits per heavy atom. The highest BCUT2D eigenvalue weighted by Crippen LogP contribution is 2.35. The fourth-order valence-corrected chi connectivity index (χ4v) is 7.40. The van der Waals surface area contributed by atoms with E-state index in [-0.39, 0.29) is 0 Å². The summed E-state index contributed by atoms with van der Waals surface area (Å²) in [6, 6.07) is 29.4. The van der Waals surface area contributed by atoms with E-state index in [0.717, 1.165) is 66.1 Å². The number of anilines is 2. The molecule has 0 aliphatic carbocycles. The van der Waals surface area contributed by atoms with Gasteiger partial charge in [-0.2, -0.15) is 0 Å². The van der Waals surface area contributed by atoms with Crippen molar-refractivity contribution in [2.24, 2.45) is 0 Å². The summed E-state index contributed by atoms with van der Waals surface area (Å²) >= 11 is 0. The van der Waals surface area contributed by atoms with E-state index in [1.54, 1.807) is 12.1 Å². The van der Waals surface area contributed by atoms with Gasteiger partial charge in [0.25, 0.3) is 0 Å². The fraction of sp³-hybridized carbons (Fsp3) is 0.333. The predicted molar refractivity (Wildman–Crippen MR) is 194 cm³/mol. The Kier molecular flexibility index (Phi) is 13.4. The van der Waals surface area contributed by atoms with Gasteiger partial charge in [0.05, 0.1) is 18.1 Å². The lowest BCUT2D eigenvalue weighted by atomic mass is 10.1. The first kappa shape index (κ1) is 35.0. The van der Waals surface area contributed by atoms with Crippen molar-refractivity contribution >= 4 is 38.1 Å². The Hall–Kier alpha value is -3.91. The van der Waals surface area contributed by atoms with E-state index in [9.17, 15) is 8.42 Å². The first-order valence-corrected chi connectivity index (χ1v) is 17.9. The van der Waals surface area contributed by atoms with Crippen LogP contribution in [0.4, 0.5) is 11.4 Å². The van der Waals surface area contributed by atoms with Crippen molar-refractivity contribution in [2.75, 3.05) is 62.4 Å². The second-order valence-corrected chi connectivity index (χ2v) is 13.0. The van der Waals surface area contributed by atoms with Gasteiger partial charge in [-0.25, -0.2) is 8.42 Å². The molecule has 0 saturated heterocycles. The van der Waals surface area contributed by atoms with Gasteiger partial charge < -0.3 is 19.3 Å². The van der Waals surface area contributed by atoms with Crippen LogP contribution in [0.15, 0.2) is 114 Å². The van der Waals surface area contributed by atoms with Crippen LogP contribution in [0.25, 0.3) is 16.8 Å². The number of hydrogen-bond donors (Lipinski definition) is 0. The first-order valence-electron chi connectivity index (χ1n) is 16.3. The number of benzene rings is 4. The van der Waals surface area contributed by atoms with Crippen molar-refractivity contribution in [3.05, 3.63) is 120 Å². The maximum absolute atomic E-state index is 14.4. The molecular weight excluding hydrogens is 593 g/mol. The molecule has 0 heterocycles. The van der Waals surface area contributed by atoms with Crippen molar-refractivity contribution in [3.8, 4) is 0 Å². The number of fused-ring (bicyclic) bond motifs is 1. The Bertz CT molecular complexity index is 1660. The lowest BCUT2D eigenvalue weighted by Gasteiger charge is -2.24. The van der Waals surface area contributed by atoms with Crippen LogP contribution in [0.5, 0.6) is 0 Å². The zero-order valence-electron chi connectivity index (χ0n) is 27.6. The highest BCUT2D eigenvalue weighted by molar-refractivity contribution is 7.92. The molecule has 0 spiro atoms. The summed E-state index contributed by atoms with van der Waals surface area (Å²) in [5.74, 6) is 0. The van der Waals surface area contributed by atoms with Gasteiger partial charge in [-0.15, -0.1) is 0 Å². The number of allylic oxidation sites excluding steroid dienone is 2. The smallest absolute Gasteiger partial charge is 0.189 e. The number of hydrogen-bond acceptors (Lipinski definition) is 6. The Morgan fingerprint density at radius 2 is 1.24 bits per heavy atom. The van der Waals surface area contributed by atoms with Gasteiger partial charge in [-0.3, -0.25) is 0 Å². The van der Waals surface area contributed by atoms with Gasteiger partial charge in [0.2, 0.25) is 0 Å². The van der Waals surface area contributed by atoms with Gasteiger partial charge in [0.1, 0.15) is 5.25 Å². The van der Waals surface area contributed by atoms with Crippen molar-refractivity contribution in [2.45, 2.75) is 37.8 Å². The topological polar surface area (TPSA) is 59.1 Å². The zero-order chi connectivity index (χ0) is 32.8. The summed E-state index contributed by atoms with van der Waals surface area (Å²) < 4.78 is 39.8. The average molecular weight is 641 g/mol. The van der Waals surface area contributed by atoms with E-state index in [2.05, 4.69) is 47.9 Å². The van der Waals surface area contributed by atoms with E-state index < -0.39 is 15.1 Å². The molecule has 1 unspecified atom stereocenters. The van der Waals surface area contributed by atoms with E-state index in [0.29, 0.717) is 24.7 Å². The Labute approximate surface area is 275 Å². The van der Waals surface area contributed by atoms with Gasteiger partial charge in [-0.05, 0) is 74.5 Å². The Morgan fingerprint density at radius 1 is 0.674 bits per heavy atom. The van der Waals surface area contributed by atoms with Crippen molar-refractivity contribution in [1.29, 1.82) is 0 Å². The lowest BCUT2D eigenvalue weighted by molar-refractivity contribution is 0.154. The second kappa shape index (κ2) is 17.7. The quantitative estimate of drug-likeness (QED) is 0.0805. The maximum atomic E-state index is 14.4. The van der Waals surface area contributed by atoms with Gasteiger partial charge in [0.15, 0.2) is 9.84 Å². The van der Waals surface area contributed by atoms with Crippen LogP contribution in [-0.4, -0.2) is 61.0 Å². The van der Waals surface area contributed by atoms with E-state index in [1.807, 2.05) is 92.7 Å². The van der Waals surface area contributed by atoms with Gasteiger partial charge in [-0.1, -0.05) is 85.0 Å². The largest absolute Gasteiger partial charge is 0.380 e. The summed E-state index contributed by atoms with van der Waals surface area (Å²) in [7, 11) is -3.78. The number of sulfone groups is 1. The van der Waals surface area contributed by atoms with E-state index in [1.165, 1.54) is 0 Å². The predicted octanol–water partition coefficient (Wildman–Crippen LogP) is 8.35. The second-order valence-electron chi connectivity index (χ2n) is 10.9. The highest BCUT2D eigenvalue weighted by Gasteiger charge is 2.28. The normalized spacial score (nSPS) is 12.7. The van der Waals surface area contributed by atoms with Crippen molar-refractivity contribution in [1.82, 2.24) is 0 Å². The summed E-state index contributed by atoms with van der Waals surface area (Å²) in [4.78, 5) is 4.85. The molecule has 0 N–H and O–H groups in total. The minimum Gasteiger partial charge on any atom is -0.380 e. The monoisotopic (exact) mass is 640 g/mol. The van der Waals surface area contributed by atoms with E-state index in [4.69, 9.17) is 9.47 Å². The van der Waals surface area contributed by atoms with Gasteiger partial charge >= 0.3 is 0 Å². The average Bonchev–Trinajstić information content (AvgIpc) is 3.09. The van der Waals surface area contributed by atoms with Crippen LogP contribution >= 0.6 is 0 Å². The highest BCUT2D eigenvalue weighted by atomic mass is 32.2.